The Hall–Kier alpha value is -4.52. The van der Waals surface area contributed by atoms with Crippen LogP contribution in [0.15, 0.2) is 54.6 Å². The summed E-state index contributed by atoms with van der Waals surface area (Å²) in [7, 11) is 4.16. The Morgan fingerprint density at radius 1 is 0.618 bits per heavy atom. The normalized spacial score (nSPS) is 19.1. The first-order valence-corrected chi connectivity index (χ1v) is 19.4. The van der Waals surface area contributed by atoms with Gasteiger partial charge in [0.05, 0.1) is 22.4 Å². The maximum atomic E-state index is 10.4. The third kappa shape index (κ3) is 9.48. The average molecular weight is 769 g/mol. The van der Waals surface area contributed by atoms with Crippen LogP contribution in [-0.2, 0) is 0 Å². The average Bonchev–Trinajstić information content (AvgIpc) is 3.43. The number of anilines is 2. The lowest BCUT2D eigenvalue weighted by atomic mass is 9.79. The monoisotopic (exact) mass is 768 g/mol. The summed E-state index contributed by atoms with van der Waals surface area (Å²) in [6, 6.07) is 17.0. The minimum absolute atomic E-state index is 0.0669. The molecule has 0 bridgehead atoms. The second-order valence-corrected chi connectivity index (χ2v) is 18.5. The number of fused-ring (bicyclic) bond motifs is 1. The number of aromatic amines is 1. The Bertz CT molecular complexity index is 2100. The first kappa shape index (κ1) is 40.2. The third-order valence-corrected chi connectivity index (χ3v) is 10.9. The van der Waals surface area contributed by atoms with Crippen molar-refractivity contribution in [1.29, 1.82) is 0 Å². The van der Waals surface area contributed by atoms with E-state index in [1.54, 1.807) is 18.2 Å². The summed E-state index contributed by atoms with van der Waals surface area (Å²) in [5, 5.41) is 46.0. The van der Waals surface area contributed by atoms with Crippen molar-refractivity contribution < 1.29 is 10.2 Å². The van der Waals surface area contributed by atoms with Gasteiger partial charge in [-0.15, -0.1) is 20.4 Å². The zero-order chi connectivity index (χ0) is 40.1. The number of nitrogens with one attached hydrogen (secondary N) is 3. The van der Waals surface area contributed by atoms with Crippen LogP contribution in [-0.4, -0.2) is 88.9 Å². The molecule has 0 spiro atoms. The molecule has 3 aromatic heterocycles. The SMILES string of the molecule is CN(c1ccc(-c2ccc(Cl)cc2O)nn1)C1CC(C)(C)NC(C)(C)C1.Cc1nc2cc(O)c(-c3ccc(N(C)C4CC(C)(C)NC(C)(C)C4)nn3)cc2[nH]1. The van der Waals surface area contributed by atoms with E-state index in [0.717, 1.165) is 54.2 Å². The van der Waals surface area contributed by atoms with Gasteiger partial charge in [0.1, 0.15) is 17.3 Å². The van der Waals surface area contributed by atoms with Crippen LogP contribution in [0.1, 0.15) is 86.9 Å². The number of aromatic hydroxyl groups is 2. The molecule has 294 valence electrons. The van der Waals surface area contributed by atoms with Gasteiger partial charge in [-0.05, 0) is 137 Å². The molecule has 0 aliphatic carbocycles. The van der Waals surface area contributed by atoms with Crippen LogP contribution in [0.25, 0.3) is 33.5 Å². The number of hydrogen-bond acceptors (Lipinski definition) is 11. The highest BCUT2D eigenvalue weighted by molar-refractivity contribution is 6.30. The molecular weight excluding hydrogens is 712 g/mol. The number of imidazole rings is 1. The minimum atomic E-state index is 0.0669. The molecule has 12 nitrogen and oxygen atoms in total. The molecule has 0 unspecified atom stereocenters. The van der Waals surface area contributed by atoms with Crippen molar-refractivity contribution in [3.05, 3.63) is 65.4 Å². The van der Waals surface area contributed by atoms with Gasteiger partial charge in [0, 0.05) is 70.6 Å². The standard InChI is InChI=1S/C22H30N6O.C20H27ClN4O/c1-13-23-17-9-15(19(29)10-18(17)24-13)16-7-8-20(26-25-16)28(6)14-11-21(2,3)27-22(4,5)12-14;1-19(2)11-14(12-20(3,4)24-19)25(5)18-9-8-16(22-23-18)15-7-6-13(21)10-17(15)26/h7-10,14,27,29H,11-12H2,1-6H3,(H,23,24);6-10,14,24,26H,11-12H2,1-5H3. The number of hydrogen-bond donors (Lipinski definition) is 5. The van der Waals surface area contributed by atoms with Crippen molar-refractivity contribution >= 4 is 34.3 Å². The van der Waals surface area contributed by atoms with Gasteiger partial charge in [0.25, 0.3) is 0 Å². The summed E-state index contributed by atoms with van der Waals surface area (Å²) in [4.78, 5) is 12.0. The molecule has 13 heteroatoms. The Morgan fingerprint density at radius 2 is 1.07 bits per heavy atom. The molecule has 5 heterocycles. The second kappa shape index (κ2) is 14.9. The molecule has 7 rings (SSSR count). The predicted molar refractivity (Wildman–Crippen MR) is 223 cm³/mol. The fraction of sp³-hybridized carbons (Fsp3) is 0.500. The maximum Gasteiger partial charge on any atom is 0.151 e. The fourth-order valence-corrected chi connectivity index (χ4v) is 9.04. The Balaban J connectivity index is 0.000000188. The van der Waals surface area contributed by atoms with Gasteiger partial charge >= 0.3 is 0 Å². The van der Waals surface area contributed by atoms with E-state index in [4.69, 9.17) is 11.6 Å². The van der Waals surface area contributed by atoms with Crippen molar-refractivity contribution in [1.82, 2.24) is 41.0 Å². The highest BCUT2D eigenvalue weighted by Gasteiger charge is 2.40. The van der Waals surface area contributed by atoms with E-state index in [1.807, 2.05) is 37.3 Å². The molecule has 2 aliphatic rings. The zero-order valence-electron chi connectivity index (χ0n) is 34.1. The van der Waals surface area contributed by atoms with E-state index >= 15 is 0 Å². The second-order valence-electron chi connectivity index (χ2n) is 18.1. The smallest absolute Gasteiger partial charge is 0.151 e. The minimum Gasteiger partial charge on any atom is -0.507 e. The Morgan fingerprint density at radius 3 is 1.51 bits per heavy atom. The van der Waals surface area contributed by atoms with Crippen LogP contribution in [0.2, 0.25) is 5.02 Å². The number of rotatable bonds is 6. The fourth-order valence-electron chi connectivity index (χ4n) is 8.87. The summed E-state index contributed by atoms with van der Waals surface area (Å²) in [6.45, 7) is 19.9. The predicted octanol–water partition coefficient (Wildman–Crippen LogP) is 8.03. The molecule has 0 saturated carbocycles. The summed E-state index contributed by atoms with van der Waals surface area (Å²) in [6.07, 6.45) is 4.14. The first-order chi connectivity index (χ1) is 25.6. The molecule has 2 saturated heterocycles. The van der Waals surface area contributed by atoms with Crippen LogP contribution in [0, 0.1) is 6.92 Å². The number of phenols is 2. The quantitative estimate of drug-likeness (QED) is 0.114. The third-order valence-electron chi connectivity index (χ3n) is 10.7. The summed E-state index contributed by atoms with van der Waals surface area (Å²) < 4.78 is 0. The molecule has 2 aromatic carbocycles. The summed E-state index contributed by atoms with van der Waals surface area (Å²) >= 11 is 5.90. The lowest BCUT2D eigenvalue weighted by molar-refractivity contribution is 0.160. The maximum absolute atomic E-state index is 10.4. The van der Waals surface area contributed by atoms with Gasteiger partial charge in [0.15, 0.2) is 11.6 Å². The number of aryl methyl sites for hydroxylation is 1. The number of H-pyrrole nitrogens is 1. The number of aromatic nitrogens is 6. The molecule has 2 fully saturated rings. The molecule has 55 heavy (non-hydrogen) atoms. The molecule has 5 N–H and O–H groups in total. The van der Waals surface area contributed by atoms with Crippen molar-refractivity contribution in [3.63, 3.8) is 0 Å². The number of phenolic OH excluding ortho intramolecular Hbond substituents is 2. The number of benzene rings is 2. The van der Waals surface area contributed by atoms with E-state index in [2.05, 4.69) is 120 Å². The van der Waals surface area contributed by atoms with Crippen LogP contribution in [0.4, 0.5) is 11.6 Å². The summed E-state index contributed by atoms with van der Waals surface area (Å²) in [5.74, 6) is 2.74. The van der Waals surface area contributed by atoms with E-state index in [0.29, 0.717) is 39.6 Å². The first-order valence-electron chi connectivity index (χ1n) is 19.0. The molecule has 0 atom stereocenters. The zero-order valence-corrected chi connectivity index (χ0v) is 34.8. The van der Waals surface area contributed by atoms with Crippen LogP contribution in [0.3, 0.4) is 0 Å². The number of halogens is 1. The lowest BCUT2D eigenvalue weighted by Crippen LogP contribution is -2.62. The van der Waals surface area contributed by atoms with Crippen molar-refractivity contribution in [2.75, 3.05) is 23.9 Å². The molecule has 0 radical (unpaired) electrons. The highest BCUT2D eigenvalue weighted by atomic mass is 35.5. The van der Waals surface area contributed by atoms with E-state index < -0.39 is 0 Å². The summed E-state index contributed by atoms with van der Waals surface area (Å²) in [5.41, 5.74) is 4.43. The van der Waals surface area contributed by atoms with Gasteiger partial charge in [-0.25, -0.2) is 4.98 Å². The van der Waals surface area contributed by atoms with Gasteiger partial charge in [-0.2, -0.15) is 0 Å². The Kier molecular flexibility index (Phi) is 10.8. The van der Waals surface area contributed by atoms with Crippen LogP contribution >= 0.6 is 11.6 Å². The highest BCUT2D eigenvalue weighted by Crippen LogP contribution is 2.36. The van der Waals surface area contributed by atoms with Gasteiger partial charge in [-0.1, -0.05) is 11.6 Å². The molecular formula is C42H57ClN10O2. The molecule has 2 aliphatic heterocycles. The van der Waals surface area contributed by atoms with Crippen molar-refractivity contribution in [2.45, 2.75) is 122 Å². The number of piperidine rings is 2. The van der Waals surface area contributed by atoms with Crippen molar-refractivity contribution in [2.24, 2.45) is 0 Å². The van der Waals surface area contributed by atoms with E-state index in [9.17, 15) is 10.2 Å². The van der Waals surface area contributed by atoms with Crippen LogP contribution < -0.4 is 20.4 Å². The van der Waals surface area contributed by atoms with Gasteiger partial charge < -0.3 is 35.6 Å². The van der Waals surface area contributed by atoms with Crippen LogP contribution in [0.5, 0.6) is 11.5 Å². The van der Waals surface area contributed by atoms with E-state index in [1.165, 1.54) is 6.07 Å². The van der Waals surface area contributed by atoms with Gasteiger partial charge in [0.2, 0.25) is 0 Å². The topological polar surface area (TPSA) is 151 Å². The van der Waals surface area contributed by atoms with Gasteiger partial charge in [-0.3, -0.25) is 0 Å². The number of nitrogens with zero attached hydrogens (tertiary/aromatic N) is 7. The molecule has 5 aromatic rings. The Labute approximate surface area is 330 Å². The van der Waals surface area contributed by atoms with E-state index in [-0.39, 0.29) is 33.7 Å². The lowest BCUT2D eigenvalue weighted by Gasteiger charge is -2.49. The molecule has 0 amide bonds. The largest absolute Gasteiger partial charge is 0.507 e. The van der Waals surface area contributed by atoms with Crippen molar-refractivity contribution in [3.8, 4) is 34.0 Å².